The van der Waals surface area contributed by atoms with Crippen LogP contribution in [0, 0.1) is 0 Å². The summed E-state index contributed by atoms with van der Waals surface area (Å²) in [7, 11) is 0. The fourth-order valence-corrected chi connectivity index (χ4v) is 2.39. The second kappa shape index (κ2) is 10.5. The molecule has 0 radical (unpaired) electrons. The number of carbonyl (C=O) groups is 1. The molecule has 23 heavy (non-hydrogen) atoms. The van der Waals surface area contributed by atoms with Gasteiger partial charge in [-0.2, -0.15) is 0 Å². The Morgan fingerprint density at radius 1 is 1.43 bits per heavy atom. The van der Waals surface area contributed by atoms with Gasteiger partial charge in [0, 0.05) is 19.1 Å². The summed E-state index contributed by atoms with van der Waals surface area (Å²) in [5.41, 5.74) is 6.38. The number of ether oxygens (including phenoxy) is 2. The molecule has 1 aliphatic heterocycles. The molecule has 0 aromatic heterocycles. The Balaban J connectivity index is 0.00000264. The average Bonchev–Trinajstić information content (AvgIpc) is 2.53. The first kappa shape index (κ1) is 19.7. The topological polar surface area (TPSA) is 73.6 Å². The Morgan fingerprint density at radius 3 is 2.91 bits per heavy atom. The highest BCUT2D eigenvalue weighted by molar-refractivity contribution is 5.92. The predicted octanol–water partition coefficient (Wildman–Crippen LogP) is 3.12. The Hall–Kier alpha value is -1.30. The Bertz CT molecular complexity index is 477. The maximum absolute atomic E-state index is 11.9. The summed E-state index contributed by atoms with van der Waals surface area (Å²) in [6.45, 7) is 3.23. The molecule has 130 valence electrons. The van der Waals surface area contributed by atoms with Gasteiger partial charge in [-0.15, -0.1) is 12.4 Å². The van der Waals surface area contributed by atoms with E-state index in [1.54, 1.807) is 0 Å². The van der Waals surface area contributed by atoms with Crippen LogP contribution in [-0.4, -0.2) is 31.3 Å². The summed E-state index contributed by atoms with van der Waals surface area (Å²) in [5, 5.41) is 2.89. The van der Waals surface area contributed by atoms with Crippen LogP contribution in [0.3, 0.4) is 0 Å². The van der Waals surface area contributed by atoms with Crippen LogP contribution in [0.1, 0.15) is 39.0 Å². The molecule has 1 saturated heterocycles. The van der Waals surface area contributed by atoms with Crippen molar-refractivity contribution >= 4 is 24.0 Å². The number of amides is 1. The third-order valence-electron chi connectivity index (χ3n) is 3.69. The van der Waals surface area contributed by atoms with Gasteiger partial charge in [-0.05, 0) is 44.7 Å². The van der Waals surface area contributed by atoms with Crippen LogP contribution in [0.2, 0.25) is 0 Å². The fraction of sp³-hybridized carbons (Fsp3) is 0.588. The number of para-hydroxylation sites is 2. The first-order valence-corrected chi connectivity index (χ1v) is 8.04. The van der Waals surface area contributed by atoms with E-state index in [0.717, 1.165) is 19.4 Å². The lowest BCUT2D eigenvalue weighted by Crippen LogP contribution is -2.26. The smallest absolute Gasteiger partial charge is 0.224 e. The zero-order valence-electron chi connectivity index (χ0n) is 13.6. The molecule has 1 aromatic carbocycles. The molecule has 0 saturated carbocycles. The van der Waals surface area contributed by atoms with Crippen molar-refractivity contribution in [2.75, 3.05) is 18.5 Å². The largest absolute Gasteiger partial charge is 0.489 e. The molecule has 3 N–H and O–H groups in total. The quantitative estimate of drug-likeness (QED) is 0.798. The van der Waals surface area contributed by atoms with Gasteiger partial charge in [-0.25, -0.2) is 0 Å². The van der Waals surface area contributed by atoms with Gasteiger partial charge in [-0.3, -0.25) is 4.79 Å². The number of hydrogen-bond acceptors (Lipinski definition) is 4. The van der Waals surface area contributed by atoms with E-state index in [1.165, 1.54) is 6.42 Å². The van der Waals surface area contributed by atoms with E-state index < -0.39 is 0 Å². The van der Waals surface area contributed by atoms with E-state index in [0.29, 0.717) is 30.9 Å². The Kier molecular flexibility index (Phi) is 8.99. The zero-order chi connectivity index (χ0) is 15.8. The van der Waals surface area contributed by atoms with Crippen molar-refractivity contribution in [1.29, 1.82) is 0 Å². The number of anilines is 1. The van der Waals surface area contributed by atoms with E-state index >= 15 is 0 Å². The minimum absolute atomic E-state index is 0. The molecule has 2 unspecified atom stereocenters. The van der Waals surface area contributed by atoms with Gasteiger partial charge in [0.15, 0.2) is 0 Å². The SMILES string of the molecule is CC(N)CCC(=O)Nc1ccccc1OCC1CCCCO1.Cl. The van der Waals surface area contributed by atoms with Crippen molar-refractivity contribution in [3.63, 3.8) is 0 Å². The van der Waals surface area contributed by atoms with Crippen molar-refractivity contribution in [2.45, 2.75) is 51.2 Å². The standard InChI is InChI=1S/C17H26N2O3.ClH/c1-13(18)9-10-17(20)19-15-7-2-3-8-16(15)22-12-14-6-4-5-11-21-14;/h2-3,7-8,13-14H,4-6,9-12,18H2,1H3,(H,19,20);1H. The molecule has 5 nitrogen and oxygen atoms in total. The Labute approximate surface area is 144 Å². The Morgan fingerprint density at radius 2 is 2.22 bits per heavy atom. The van der Waals surface area contributed by atoms with E-state index in [1.807, 2.05) is 31.2 Å². The molecule has 1 aromatic rings. The van der Waals surface area contributed by atoms with Gasteiger partial charge in [-0.1, -0.05) is 12.1 Å². The van der Waals surface area contributed by atoms with Gasteiger partial charge < -0.3 is 20.5 Å². The summed E-state index contributed by atoms with van der Waals surface area (Å²) in [4.78, 5) is 11.9. The lowest BCUT2D eigenvalue weighted by atomic mass is 10.1. The van der Waals surface area contributed by atoms with Crippen LogP contribution < -0.4 is 15.8 Å². The van der Waals surface area contributed by atoms with Crippen molar-refractivity contribution in [2.24, 2.45) is 5.73 Å². The molecule has 0 spiro atoms. The second-order valence-corrected chi connectivity index (χ2v) is 5.86. The van der Waals surface area contributed by atoms with Gasteiger partial charge >= 0.3 is 0 Å². The van der Waals surface area contributed by atoms with Gasteiger partial charge in [0.05, 0.1) is 11.8 Å². The third-order valence-corrected chi connectivity index (χ3v) is 3.69. The zero-order valence-corrected chi connectivity index (χ0v) is 14.4. The molecule has 0 aliphatic carbocycles. The number of carbonyl (C=O) groups excluding carboxylic acids is 1. The highest BCUT2D eigenvalue weighted by Crippen LogP contribution is 2.25. The summed E-state index contributed by atoms with van der Waals surface area (Å²) < 4.78 is 11.5. The summed E-state index contributed by atoms with van der Waals surface area (Å²) >= 11 is 0. The molecule has 2 rings (SSSR count). The molecular formula is C17H27ClN2O3. The van der Waals surface area contributed by atoms with Crippen LogP contribution in [0.5, 0.6) is 5.75 Å². The maximum atomic E-state index is 11.9. The van der Waals surface area contributed by atoms with Gasteiger partial charge in [0.2, 0.25) is 5.91 Å². The molecule has 1 fully saturated rings. The first-order valence-electron chi connectivity index (χ1n) is 8.04. The van der Waals surface area contributed by atoms with E-state index in [4.69, 9.17) is 15.2 Å². The second-order valence-electron chi connectivity index (χ2n) is 5.86. The van der Waals surface area contributed by atoms with Crippen LogP contribution in [-0.2, 0) is 9.53 Å². The van der Waals surface area contributed by atoms with Crippen molar-refractivity contribution in [3.8, 4) is 5.75 Å². The number of halogens is 1. The summed E-state index contributed by atoms with van der Waals surface area (Å²) in [6.07, 6.45) is 4.58. The van der Waals surface area contributed by atoms with Crippen LogP contribution in [0.25, 0.3) is 0 Å². The number of benzene rings is 1. The van der Waals surface area contributed by atoms with Crippen molar-refractivity contribution in [1.82, 2.24) is 0 Å². The number of nitrogens with two attached hydrogens (primary N) is 1. The fourth-order valence-electron chi connectivity index (χ4n) is 2.39. The monoisotopic (exact) mass is 342 g/mol. The molecule has 0 bridgehead atoms. The van der Waals surface area contributed by atoms with Crippen LogP contribution in [0.15, 0.2) is 24.3 Å². The first-order chi connectivity index (χ1) is 10.6. The predicted molar refractivity (Wildman–Crippen MR) is 94.3 cm³/mol. The molecular weight excluding hydrogens is 316 g/mol. The molecule has 1 aliphatic rings. The highest BCUT2D eigenvalue weighted by atomic mass is 35.5. The molecule has 1 amide bonds. The lowest BCUT2D eigenvalue weighted by molar-refractivity contribution is -0.116. The molecule has 2 atom stereocenters. The maximum Gasteiger partial charge on any atom is 0.224 e. The lowest BCUT2D eigenvalue weighted by Gasteiger charge is -2.23. The minimum Gasteiger partial charge on any atom is -0.489 e. The average molecular weight is 343 g/mol. The van der Waals surface area contributed by atoms with Crippen LogP contribution in [0.4, 0.5) is 5.69 Å². The minimum atomic E-state index is -0.0396. The summed E-state index contributed by atoms with van der Waals surface area (Å²) in [6, 6.07) is 7.52. The van der Waals surface area contributed by atoms with Crippen molar-refractivity contribution < 1.29 is 14.3 Å². The summed E-state index contributed by atoms with van der Waals surface area (Å²) in [5.74, 6) is 0.646. The number of nitrogens with one attached hydrogen (secondary N) is 1. The van der Waals surface area contributed by atoms with Gasteiger partial charge in [0.1, 0.15) is 12.4 Å². The van der Waals surface area contributed by atoms with Crippen molar-refractivity contribution in [3.05, 3.63) is 24.3 Å². The van der Waals surface area contributed by atoms with E-state index in [9.17, 15) is 4.79 Å². The van der Waals surface area contributed by atoms with Gasteiger partial charge in [0.25, 0.3) is 0 Å². The van der Waals surface area contributed by atoms with Crippen LogP contribution >= 0.6 is 12.4 Å². The molecule has 1 heterocycles. The van der Waals surface area contributed by atoms with E-state index in [-0.39, 0.29) is 30.5 Å². The number of rotatable bonds is 7. The normalized spacial score (nSPS) is 18.6. The number of hydrogen-bond donors (Lipinski definition) is 2. The highest BCUT2D eigenvalue weighted by Gasteiger charge is 2.15. The third kappa shape index (κ3) is 7.20. The molecule has 6 heteroatoms. The van der Waals surface area contributed by atoms with E-state index in [2.05, 4.69) is 5.32 Å².